The summed E-state index contributed by atoms with van der Waals surface area (Å²) in [6, 6.07) is 8.69. The minimum atomic E-state index is -0.339. The summed E-state index contributed by atoms with van der Waals surface area (Å²) in [7, 11) is 1.44. The average Bonchev–Trinajstić information content (AvgIpc) is 3.04. The summed E-state index contributed by atoms with van der Waals surface area (Å²) in [5, 5.41) is 0.532. The van der Waals surface area contributed by atoms with E-state index < -0.39 is 0 Å². The topological polar surface area (TPSA) is 50.5 Å². The fourth-order valence-electron chi connectivity index (χ4n) is 1.94. The number of carbonyl (C=O) groups is 2. The SMILES string of the molecule is CN1C(=O)S/C(=C/c2ccc(-c3cccc(Cl)c3Cl)o2)C1=O. The Balaban J connectivity index is 1.94. The van der Waals surface area contributed by atoms with E-state index in [1.54, 1.807) is 30.3 Å². The van der Waals surface area contributed by atoms with E-state index in [0.717, 1.165) is 16.7 Å². The number of benzene rings is 1. The summed E-state index contributed by atoms with van der Waals surface area (Å²) in [5.41, 5.74) is 0.664. The molecule has 1 aromatic carbocycles. The van der Waals surface area contributed by atoms with Gasteiger partial charge in [0.05, 0.1) is 15.0 Å². The van der Waals surface area contributed by atoms with Crippen molar-refractivity contribution in [3.63, 3.8) is 0 Å². The highest BCUT2D eigenvalue weighted by Gasteiger charge is 2.32. The second-order valence-corrected chi connectivity index (χ2v) is 6.32. The van der Waals surface area contributed by atoms with E-state index in [2.05, 4.69) is 0 Å². The highest BCUT2D eigenvalue weighted by Crippen LogP contribution is 2.36. The highest BCUT2D eigenvalue weighted by molar-refractivity contribution is 8.18. The lowest BCUT2D eigenvalue weighted by molar-refractivity contribution is -0.121. The van der Waals surface area contributed by atoms with E-state index >= 15 is 0 Å². The first-order valence-corrected chi connectivity index (χ1v) is 7.80. The number of likely N-dealkylation sites (N-methyl/N-ethyl adjacent to an activating group) is 1. The molecule has 0 unspecified atom stereocenters. The lowest BCUT2D eigenvalue weighted by Gasteiger charge is -2.02. The zero-order valence-corrected chi connectivity index (χ0v) is 13.6. The van der Waals surface area contributed by atoms with Crippen LogP contribution in [-0.4, -0.2) is 23.1 Å². The van der Waals surface area contributed by atoms with E-state index in [1.807, 2.05) is 0 Å². The van der Waals surface area contributed by atoms with Gasteiger partial charge in [-0.05, 0) is 36.0 Å². The monoisotopic (exact) mass is 353 g/mol. The summed E-state index contributed by atoms with van der Waals surface area (Å²) < 4.78 is 5.67. The van der Waals surface area contributed by atoms with Crippen molar-refractivity contribution in [1.82, 2.24) is 4.90 Å². The molecule has 2 amide bonds. The van der Waals surface area contributed by atoms with Crippen LogP contribution in [0, 0.1) is 0 Å². The molecule has 0 N–H and O–H groups in total. The third-order valence-electron chi connectivity index (χ3n) is 3.10. The Morgan fingerprint density at radius 3 is 2.64 bits per heavy atom. The van der Waals surface area contributed by atoms with Crippen LogP contribution in [0.25, 0.3) is 17.4 Å². The normalized spacial score (nSPS) is 16.9. The molecule has 4 nitrogen and oxygen atoms in total. The van der Waals surface area contributed by atoms with Crippen LogP contribution in [0.1, 0.15) is 5.76 Å². The molecule has 0 atom stereocenters. The molecule has 112 valence electrons. The molecule has 0 aliphatic carbocycles. The molecule has 0 radical (unpaired) electrons. The van der Waals surface area contributed by atoms with Gasteiger partial charge in [0.2, 0.25) is 0 Å². The maximum Gasteiger partial charge on any atom is 0.293 e. The minimum absolute atomic E-state index is 0.305. The molecule has 0 spiro atoms. The van der Waals surface area contributed by atoms with E-state index in [1.165, 1.54) is 13.1 Å². The second-order valence-electron chi connectivity index (χ2n) is 4.54. The zero-order chi connectivity index (χ0) is 15.9. The van der Waals surface area contributed by atoms with Gasteiger partial charge in [0, 0.05) is 18.7 Å². The van der Waals surface area contributed by atoms with Crippen LogP contribution in [0.5, 0.6) is 0 Å². The summed E-state index contributed by atoms with van der Waals surface area (Å²) in [6.07, 6.45) is 1.54. The number of thioether (sulfide) groups is 1. The Labute approximate surface area is 140 Å². The Kier molecular flexibility index (Phi) is 4.04. The minimum Gasteiger partial charge on any atom is -0.457 e. The molecule has 2 aromatic rings. The molecule has 1 fully saturated rings. The Hall–Kier alpha value is -1.69. The number of halogens is 2. The fraction of sp³-hybridized carbons (Fsp3) is 0.0667. The number of rotatable bonds is 2. The summed E-state index contributed by atoms with van der Waals surface area (Å²) in [5.74, 6) is 0.660. The Morgan fingerprint density at radius 2 is 1.95 bits per heavy atom. The van der Waals surface area contributed by atoms with Gasteiger partial charge in [-0.2, -0.15) is 0 Å². The molecular formula is C15H9Cl2NO3S. The lowest BCUT2D eigenvalue weighted by atomic mass is 10.2. The van der Waals surface area contributed by atoms with Gasteiger partial charge in [0.15, 0.2) is 0 Å². The van der Waals surface area contributed by atoms with Gasteiger partial charge in [-0.3, -0.25) is 14.5 Å². The summed E-state index contributed by atoms with van der Waals surface area (Å²) in [4.78, 5) is 24.7. The van der Waals surface area contributed by atoms with Gasteiger partial charge in [0.25, 0.3) is 11.1 Å². The van der Waals surface area contributed by atoms with Crippen molar-refractivity contribution >= 4 is 52.2 Å². The summed E-state index contributed by atoms with van der Waals surface area (Å²) >= 11 is 13.0. The molecule has 3 rings (SSSR count). The van der Waals surface area contributed by atoms with Gasteiger partial charge in [0.1, 0.15) is 11.5 Å². The van der Waals surface area contributed by atoms with Gasteiger partial charge >= 0.3 is 0 Å². The van der Waals surface area contributed by atoms with Crippen molar-refractivity contribution in [3.8, 4) is 11.3 Å². The largest absolute Gasteiger partial charge is 0.457 e. The van der Waals surface area contributed by atoms with E-state index in [0.29, 0.717) is 32.0 Å². The van der Waals surface area contributed by atoms with E-state index in [4.69, 9.17) is 27.6 Å². The number of furan rings is 1. The number of hydrogen-bond donors (Lipinski definition) is 0. The van der Waals surface area contributed by atoms with Crippen LogP contribution < -0.4 is 0 Å². The molecule has 0 bridgehead atoms. The molecule has 1 aliphatic rings. The first-order valence-electron chi connectivity index (χ1n) is 6.23. The van der Waals surface area contributed by atoms with E-state index in [-0.39, 0.29) is 11.1 Å². The first-order chi connectivity index (χ1) is 10.5. The van der Waals surface area contributed by atoms with Crippen LogP contribution in [-0.2, 0) is 4.79 Å². The number of hydrogen-bond acceptors (Lipinski definition) is 4. The highest BCUT2D eigenvalue weighted by atomic mass is 35.5. The van der Waals surface area contributed by atoms with Crippen molar-refractivity contribution in [2.24, 2.45) is 0 Å². The average molecular weight is 354 g/mol. The van der Waals surface area contributed by atoms with Crippen molar-refractivity contribution < 1.29 is 14.0 Å². The van der Waals surface area contributed by atoms with Crippen molar-refractivity contribution in [1.29, 1.82) is 0 Å². The van der Waals surface area contributed by atoms with Crippen LogP contribution in [0.2, 0.25) is 10.0 Å². The molecule has 1 aliphatic heterocycles. The predicted octanol–water partition coefficient (Wildman–Crippen LogP) is 4.92. The third-order valence-corrected chi connectivity index (χ3v) is 4.88. The maximum absolute atomic E-state index is 11.8. The summed E-state index contributed by atoms with van der Waals surface area (Å²) in [6.45, 7) is 0. The molecule has 22 heavy (non-hydrogen) atoms. The molecule has 0 saturated carbocycles. The van der Waals surface area contributed by atoms with Gasteiger partial charge in [-0.1, -0.05) is 29.3 Å². The van der Waals surface area contributed by atoms with Crippen molar-refractivity contribution in [2.75, 3.05) is 7.05 Å². The van der Waals surface area contributed by atoms with E-state index in [9.17, 15) is 9.59 Å². The van der Waals surface area contributed by atoms with Gasteiger partial charge < -0.3 is 4.42 Å². The standard InChI is InChI=1S/C15H9Cl2NO3S/c1-18-14(19)12(22-15(18)20)7-8-5-6-11(21-8)9-3-2-4-10(16)13(9)17/h2-7H,1H3/b12-7+. The fourth-order valence-corrected chi connectivity index (χ4v) is 3.14. The second kappa shape index (κ2) is 5.83. The van der Waals surface area contributed by atoms with Gasteiger partial charge in [-0.15, -0.1) is 0 Å². The quantitative estimate of drug-likeness (QED) is 0.719. The number of amides is 2. The Morgan fingerprint density at radius 1 is 1.18 bits per heavy atom. The molecule has 1 aromatic heterocycles. The number of carbonyl (C=O) groups excluding carboxylic acids is 2. The Bertz CT molecular complexity index is 813. The van der Waals surface area contributed by atoms with Crippen LogP contribution in [0.3, 0.4) is 0 Å². The number of imide groups is 1. The van der Waals surface area contributed by atoms with Gasteiger partial charge in [-0.25, -0.2) is 0 Å². The smallest absolute Gasteiger partial charge is 0.293 e. The molecule has 7 heteroatoms. The molecular weight excluding hydrogens is 345 g/mol. The predicted molar refractivity (Wildman–Crippen MR) is 87.9 cm³/mol. The first kappa shape index (κ1) is 15.2. The molecule has 1 saturated heterocycles. The third kappa shape index (κ3) is 2.67. The van der Waals surface area contributed by atoms with Crippen LogP contribution in [0.15, 0.2) is 39.7 Å². The maximum atomic E-state index is 11.8. The zero-order valence-electron chi connectivity index (χ0n) is 11.3. The lowest BCUT2D eigenvalue weighted by Crippen LogP contribution is -2.22. The van der Waals surface area contributed by atoms with Crippen LogP contribution >= 0.6 is 35.0 Å². The van der Waals surface area contributed by atoms with Crippen LogP contribution in [0.4, 0.5) is 4.79 Å². The number of nitrogens with zero attached hydrogens (tertiary/aromatic N) is 1. The van der Waals surface area contributed by atoms with Crippen molar-refractivity contribution in [3.05, 3.63) is 51.0 Å². The van der Waals surface area contributed by atoms with Crippen molar-refractivity contribution in [2.45, 2.75) is 0 Å². The molecule has 2 heterocycles.